The zero-order chi connectivity index (χ0) is 11.7. The molecular formula is C15H22. The molecule has 0 aliphatic heterocycles. The van der Waals surface area contributed by atoms with E-state index in [4.69, 9.17) is 0 Å². The fraction of sp³-hybridized carbons (Fsp3) is 0.333. The van der Waals surface area contributed by atoms with E-state index in [0.29, 0.717) is 0 Å². The average Bonchev–Trinajstić information content (AvgIpc) is 2.44. The molecule has 1 aliphatic carbocycles. The Hall–Kier alpha value is -1.30. The molecule has 0 fully saturated rings. The predicted octanol–water partition coefficient (Wildman–Crippen LogP) is 4.98. The monoisotopic (exact) mass is 202 g/mol. The normalized spacial score (nSPS) is 15.6. The number of hydrogen-bond donors (Lipinski definition) is 0. The lowest BCUT2D eigenvalue weighted by Crippen LogP contribution is -1.84. The first-order chi connectivity index (χ1) is 7.29. The molecule has 0 aromatic carbocycles. The van der Waals surface area contributed by atoms with Crippen LogP contribution in [-0.2, 0) is 0 Å². The third-order valence-electron chi connectivity index (χ3n) is 2.14. The summed E-state index contributed by atoms with van der Waals surface area (Å²) in [6, 6.07) is 0. The molecule has 0 aromatic heterocycles. The predicted molar refractivity (Wildman–Crippen MR) is 70.9 cm³/mol. The largest absolute Gasteiger partial charge is 0.0984 e. The SMILES string of the molecule is C=CC1=C(/C=C\C)C=CCC=C1C.CC. The summed E-state index contributed by atoms with van der Waals surface area (Å²) in [5, 5.41) is 0. The maximum Gasteiger partial charge on any atom is -0.0160 e. The highest BCUT2D eigenvalue weighted by atomic mass is 14.1. The molecule has 1 aliphatic rings. The Balaban J connectivity index is 0.000000921. The Kier molecular flexibility index (Phi) is 7.35. The molecule has 0 amide bonds. The zero-order valence-electron chi connectivity index (χ0n) is 10.4. The van der Waals surface area contributed by atoms with Crippen LogP contribution in [0.15, 0.2) is 59.8 Å². The molecular weight excluding hydrogens is 180 g/mol. The molecule has 0 saturated heterocycles. The van der Waals surface area contributed by atoms with Crippen molar-refractivity contribution in [2.45, 2.75) is 34.1 Å². The molecule has 0 atom stereocenters. The minimum absolute atomic E-state index is 1.02. The number of hydrogen-bond acceptors (Lipinski definition) is 0. The van der Waals surface area contributed by atoms with Crippen molar-refractivity contribution in [1.82, 2.24) is 0 Å². The molecule has 0 saturated carbocycles. The molecule has 82 valence electrons. The van der Waals surface area contributed by atoms with Crippen molar-refractivity contribution in [3.63, 3.8) is 0 Å². The highest BCUT2D eigenvalue weighted by molar-refractivity contribution is 5.51. The third-order valence-corrected chi connectivity index (χ3v) is 2.14. The van der Waals surface area contributed by atoms with Gasteiger partial charge >= 0.3 is 0 Å². The molecule has 0 unspecified atom stereocenters. The summed E-state index contributed by atoms with van der Waals surface area (Å²) in [6.45, 7) is 12.0. The van der Waals surface area contributed by atoms with E-state index in [1.165, 1.54) is 16.7 Å². The Morgan fingerprint density at radius 1 is 1.33 bits per heavy atom. The van der Waals surface area contributed by atoms with Crippen LogP contribution in [0.2, 0.25) is 0 Å². The molecule has 0 bridgehead atoms. The Labute approximate surface area is 94.4 Å². The first-order valence-electron chi connectivity index (χ1n) is 5.62. The fourth-order valence-electron chi connectivity index (χ4n) is 1.47. The van der Waals surface area contributed by atoms with Crippen LogP contribution in [0.3, 0.4) is 0 Å². The zero-order valence-corrected chi connectivity index (χ0v) is 10.4. The van der Waals surface area contributed by atoms with Gasteiger partial charge in [-0.2, -0.15) is 0 Å². The lowest BCUT2D eigenvalue weighted by atomic mass is 10.0. The van der Waals surface area contributed by atoms with E-state index in [2.05, 4.69) is 43.9 Å². The lowest BCUT2D eigenvalue weighted by Gasteiger charge is -2.03. The van der Waals surface area contributed by atoms with Gasteiger partial charge in [0.15, 0.2) is 0 Å². The van der Waals surface area contributed by atoms with Crippen LogP contribution in [-0.4, -0.2) is 0 Å². The quantitative estimate of drug-likeness (QED) is 0.592. The maximum absolute atomic E-state index is 3.84. The molecule has 0 heterocycles. The van der Waals surface area contributed by atoms with Crippen molar-refractivity contribution in [1.29, 1.82) is 0 Å². The van der Waals surface area contributed by atoms with E-state index >= 15 is 0 Å². The number of rotatable bonds is 2. The van der Waals surface area contributed by atoms with Gasteiger partial charge < -0.3 is 0 Å². The molecule has 0 radical (unpaired) electrons. The van der Waals surface area contributed by atoms with Gasteiger partial charge in [-0.25, -0.2) is 0 Å². The second-order valence-corrected chi connectivity index (χ2v) is 3.10. The average molecular weight is 202 g/mol. The fourth-order valence-corrected chi connectivity index (χ4v) is 1.47. The highest BCUT2D eigenvalue weighted by Crippen LogP contribution is 2.21. The summed E-state index contributed by atoms with van der Waals surface area (Å²) in [7, 11) is 0. The van der Waals surface area contributed by atoms with Crippen LogP contribution < -0.4 is 0 Å². The van der Waals surface area contributed by atoms with Gasteiger partial charge in [-0.05, 0) is 37.0 Å². The van der Waals surface area contributed by atoms with E-state index in [0.717, 1.165) is 6.42 Å². The summed E-state index contributed by atoms with van der Waals surface area (Å²) >= 11 is 0. The van der Waals surface area contributed by atoms with Crippen LogP contribution in [0, 0.1) is 0 Å². The molecule has 1 rings (SSSR count). The third kappa shape index (κ3) is 4.16. The van der Waals surface area contributed by atoms with Gasteiger partial charge in [-0.15, -0.1) is 0 Å². The highest BCUT2D eigenvalue weighted by Gasteiger charge is 2.02. The maximum atomic E-state index is 3.84. The van der Waals surface area contributed by atoms with Crippen LogP contribution in [0.25, 0.3) is 0 Å². The van der Waals surface area contributed by atoms with E-state index in [1.54, 1.807) is 0 Å². The van der Waals surface area contributed by atoms with E-state index < -0.39 is 0 Å². The van der Waals surface area contributed by atoms with Crippen molar-refractivity contribution < 1.29 is 0 Å². The van der Waals surface area contributed by atoms with E-state index in [1.807, 2.05) is 26.8 Å². The first kappa shape index (κ1) is 13.7. The van der Waals surface area contributed by atoms with Gasteiger partial charge in [-0.1, -0.05) is 56.9 Å². The van der Waals surface area contributed by atoms with Crippen molar-refractivity contribution >= 4 is 0 Å². The number of allylic oxidation sites excluding steroid dienone is 9. The lowest BCUT2D eigenvalue weighted by molar-refractivity contribution is 1.32. The standard InChI is InChI=1S/C13H16.C2H6/c1-4-8-12-10-7-6-9-11(3)13(12)5-2;1-2/h4-5,7-10H,2,6H2,1,3H3;1-2H3/b8-4-;. The van der Waals surface area contributed by atoms with Crippen LogP contribution >= 0.6 is 0 Å². The second-order valence-electron chi connectivity index (χ2n) is 3.10. The van der Waals surface area contributed by atoms with E-state index in [9.17, 15) is 0 Å². The second kappa shape index (κ2) is 8.05. The smallest absolute Gasteiger partial charge is 0.0160 e. The summed E-state index contributed by atoms with van der Waals surface area (Å²) in [4.78, 5) is 0. The minimum Gasteiger partial charge on any atom is -0.0984 e. The Morgan fingerprint density at radius 3 is 2.53 bits per heavy atom. The van der Waals surface area contributed by atoms with Gasteiger partial charge in [-0.3, -0.25) is 0 Å². The molecule has 0 N–H and O–H groups in total. The van der Waals surface area contributed by atoms with Crippen molar-refractivity contribution in [2.24, 2.45) is 0 Å². The van der Waals surface area contributed by atoms with E-state index in [-0.39, 0.29) is 0 Å². The summed E-state index contributed by atoms with van der Waals surface area (Å²) in [6.07, 6.45) is 13.7. The van der Waals surface area contributed by atoms with Gasteiger partial charge in [0, 0.05) is 0 Å². The molecule has 0 aromatic rings. The van der Waals surface area contributed by atoms with Crippen molar-refractivity contribution in [3.8, 4) is 0 Å². The molecule has 0 heteroatoms. The summed E-state index contributed by atoms with van der Waals surface area (Å²) in [5.74, 6) is 0. The van der Waals surface area contributed by atoms with Crippen molar-refractivity contribution in [3.05, 3.63) is 59.8 Å². The summed E-state index contributed by atoms with van der Waals surface area (Å²) < 4.78 is 0. The minimum atomic E-state index is 1.02. The Bertz CT molecular complexity index is 309. The Morgan fingerprint density at radius 2 is 2.00 bits per heavy atom. The van der Waals surface area contributed by atoms with Gasteiger partial charge in [0.1, 0.15) is 0 Å². The van der Waals surface area contributed by atoms with Crippen LogP contribution in [0.1, 0.15) is 34.1 Å². The molecule has 0 nitrogen and oxygen atoms in total. The van der Waals surface area contributed by atoms with Gasteiger partial charge in [0.05, 0.1) is 0 Å². The molecule has 0 spiro atoms. The first-order valence-corrected chi connectivity index (χ1v) is 5.62. The summed E-state index contributed by atoms with van der Waals surface area (Å²) in [5.41, 5.74) is 3.81. The van der Waals surface area contributed by atoms with Crippen LogP contribution in [0.4, 0.5) is 0 Å². The van der Waals surface area contributed by atoms with Crippen molar-refractivity contribution in [2.75, 3.05) is 0 Å². The van der Waals surface area contributed by atoms with Crippen LogP contribution in [0.5, 0.6) is 0 Å². The van der Waals surface area contributed by atoms with Gasteiger partial charge in [0.2, 0.25) is 0 Å². The topological polar surface area (TPSA) is 0 Å². The van der Waals surface area contributed by atoms with Gasteiger partial charge in [0.25, 0.3) is 0 Å². The molecule has 15 heavy (non-hydrogen) atoms.